The van der Waals surface area contributed by atoms with Crippen molar-refractivity contribution in [1.29, 1.82) is 0 Å². The molecule has 0 saturated heterocycles. The van der Waals surface area contributed by atoms with Crippen LogP contribution in [0.15, 0.2) is 73.1 Å². The summed E-state index contributed by atoms with van der Waals surface area (Å²) < 4.78 is 33.1. The highest BCUT2D eigenvalue weighted by molar-refractivity contribution is 5.68. The molecule has 41 heavy (non-hydrogen) atoms. The van der Waals surface area contributed by atoms with Crippen molar-refractivity contribution in [1.82, 2.24) is 25.3 Å². The van der Waals surface area contributed by atoms with Crippen LogP contribution in [-0.2, 0) is 10.2 Å². The molecule has 2 aromatic carbocycles. The molecule has 0 bridgehead atoms. The van der Waals surface area contributed by atoms with E-state index in [1.807, 2.05) is 45.0 Å². The molecule has 1 aliphatic rings. The van der Waals surface area contributed by atoms with Crippen LogP contribution in [0.1, 0.15) is 58.6 Å². The summed E-state index contributed by atoms with van der Waals surface area (Å²) in [6.45, 7) is 10.0. The number of alkyl carbamates (subject to hydrolysis) is 1. The molecular formula is C31H34FN5O4. The van der Waals surface area contributed by atoms with Gasteiger partial charge in [-0.2, -0.15) is 4.98 Å². The summed E-state index contributed by atoms with van der Waals surface area (Å²) in [6.07, 6.45) is 3.97. The van der Waals surface area contributed by atoms with Gasteiger partial charge in [0, 0.05) is 23.8 Å². The third-order valence-electron chi connectivity index (χ3n) is 6.93. The number of amides is 1. The lowest BCUT2D eigenvalue weighted by Gasteiger charge is -2.35. The SMILES string of the molecule is CC(C)(C)NC(=O)OC1CC(Oc2ccc(C(C)(C)c3ccc(Oc4nc(-n5ccnn5)ccc4F)cc3)cc2)C1. The summed E-state index contributed by atoms with van der Waals surface area (Å²) in [5.41, 5.74) is 1.55. The van der Waals surface area contributed by atoms with Crippen LogP contribution >= 0.6 is 0 Å². The lowest BCUT2D eigenvalue weighted by Crippen LogP contribution is -2.46. The number of nitrogens with one attached hydrogen (secondary N) is 1. The molecule has 4 aromatic rings. The Hall–Kier alpha value is -4.47. The lowest BCUT2D eigenvalue weighted by atomic mass is 9.78. The molecule has 1 fully saturated rings. The third kappa shape index (κ3) is 6.82. The minimum absolute atomic E-state index is 0.0186. The van der Waals surface area contributed by atoms with Crippen LogP contribution in [0.2, 0.25) is 0 Å². The van der Waals surface area contributed by atoms with Gasteiger partial charge in [-0.1, -0.05) is 43.3 Å². The van der Waals surface area contributed by atoms with Crippen LogP contribution in [0.3, 0.4) is 0 Å². The van der Waals surface area contributed by atoms with Gasteiger partial charge in [0.25, 0.3) is 5.88 Å². The standard InChI is InChI=1S/C31H34FN5O4/c1-30(2,3)35-29(38)41-25-18-24(19-25)39-22-10-6-20(7-11-22)31(4,5)21-8-12-23(13-9-21)40-28-26(32)14-15-27(34-28)37-17-16-33-36-37/h6-17,24-25H,18-19H2,1-5H3,(H,35,38). The molecule has 0 radical (unpaired) electrons. The van der Waals surface area contributed by atoms with Crippen molar-refractivity contribution < 1.29 is 23.4 Å². The molecule has 5 rings (SSSR count). The molecule has 1 amide bonds. The van der Waals surface area contributed by atoms with Crippen LogP contribution in [0, 0.1) is 5.82 Å². The van der Waals surface area contributed by atoms with Gasteiger partial charge in [-0.05, 0) is 68.3 Å². The molecule has 214 valence electrons. The maximum absolute atomic E-state index is 14.4. The number of nitrogens with zero attached hydrogens (tertiary/aromatic N) is 4. The number of pyridine rings is 1. The van der Waals surface area contributed by atoms with Crippen molar-refractivity contribution >= 4 is 6.09 Å². The molecule has 1 saturated carbocycles. The highest BCUT2D eigenvalue weighted by atomic mass is 19.1. The number of halogens is 1. The quantitative estimate of drug-likeness (QED) is 0.268. The zero-order chi connectivity index (χ0) is 29.2. The second-order valence-corrected chi connectivity index (χ2v) is 11.7. The molecule has 1 aliphatic carbocycles. The van der Waals surface area contributed by atoms with Gasteiger partial charge in [-0.3, -0.25) is 0 Å². The van der Waals surface area contributed by atoms with Crippen molar-refractivity contribution in [3.05, 3.63) is 90.0 Å². The Morgan fingerprint density at radius 1 is 0.902 bits per heavy atom. The number of rotatable bonds is 8. The van der Waals surface area contributed by atoms with Gasteiger partial charge >= 0.3 is 6.09 Å². The van der Waals surface area contributed by atoms with Crippen LogP contribution < -0.4 is 14.8 Å². The summed E-state index contributed by atoms with van der Waals surface area (Å²) in [4.78, 5) is 16.2. The topological polar surface area (TPSA) is 100 Å². The summed E-state index contributed by atoms with van der Waals surface area (Å²) >= 11 is 0. The van der Waals surface area contributed by atoms with Crippen LogP contribution in [0.4, 0.5) is 9.18 Å². The average molecular weight is 560 g/mol. The number of hydrogen-bond donors (Lipinski definition) is 1. The first-order valence-corrected chi connectivity index (χ1v) is 13.5. The van der Waals surface area contributed by atoms with Crippen molar-refractivity contribution in [3.8, 4) is 23.2 Å². The molecule has 10 heteroatoms. The Morgan fingerprint density at radius 3 is 2.12 bits per heavy atom. The van der Waals surface area contributed by atoms with E-state index < -0.39 is 11.9 Å². The molecule has 0 spiro atoms. The van der Waals surface area contributed by atoms with E-state index in [2.05, 4.69) is 46.6 Å². The Bertz CT molecular complexity index is 1480. The highest BCUT2D eigenvalue weighted by Gasteiger charge is 2.34. The van der Waals surface area contributed by atoms with Gasteiger partial charge < -0.3 is 19.5 Å². The number of carbonyl (C=O) groups excluding carboxylic acids is 1. The number of benzene rings is 2. The molecular weight excluding hydrogens is 525 g/mol. The maximum Gasteiger partial charge on any atom is 0.407 e. The van der Waals surface area contributed by atoms with Crippen molar-refractivity contribution in [2.75, 3.05) is 0 Å². The average Bonchev–Trinajstić information content (AvgIpc) is 3.43. The van der Waals surface area contributed by atoms with Crippen LogP contribution in [-0.4, -0.2) is 43.8 Å². The monoisotopic (exact) mass is 559 g/mol. The first kappa shape index (κ1) is 28.1. The van der Waals surface area contributed by atoms with Gasteiger partial charge in [-0.15, -0.1) is 5.10 Å². The molecule has 2 aromatic heterocycles. The van der Waals surface area contributed by atoms with Gasteiger partial charge in [0.15, 0.2) is 11.6 Å². The second-order valence-electron chi connectivity index (χ2n) is 11.7. The van der Waals surface area contributed by atoms with E-state index >= 15 is 0 Å². The Labute approximate surface area is 238 Å². The maximum atomic E-state index is 14.4. The summed E-state index contributed by atoms with van der Waals surface area (Å²) in [5.74, 6) is 0.931. The number of ether oxygens (including phenoxy) is 3. The van der Waals surface area contributed by atoms with Crippen molar-refractivity contribution in [3.63, 3.8) is 0 Å². The summed E-state index contributed by atoms with van der Waals surface area (Å²) in [6, 6.07) is 18.3. The normalized spacial score (nSPS) is 16.9. The van der Waals surface area contributed by atoms with Crippen molar-refractivity contribution in [2.45, 2.75) is 70.6 Å². The molecule has 9 nitrogen and oxygen atoms in total. The molecule has 0 aliphatic heterocycles. The number of aromatic nitrogens is 4. The van der Waals surface area contributed by atoms with Crippen LogP contribution in [0.25, 0.3) is 5.82 Å². The van der Waals surface area contributed by atoms with E-state index in [9.17, 15) is 9.18 Å². The van der Waals surface area contributed by atoms with E-state index in [1.54, 1.807) is 18.3 Å². The first-order chi connectivity index (χ1) is 19.5. The predicted molar refractivity (Wildman–Crippen MR) is 151 cm³/mol. The fourth-order valence-corrected chi connectivity index (χ4v) is 4.50. The van der Waals surface area contributed by atoms with E-state index in [1.165, 1.54) is 23.0 Å². The van der Waals surface area contributed by atoms with Gasteiger partial charge in [0.1, 0.15) is 23.7 Å². The molecule has 0 unspecified atom stereocenters. The van der Waals surface area contributed by atoms with E-state index in [0.717, 1.165) is 16.9 Å². The molecule has 2 heterocycles. The van der Waals surface area contributed by atoms with Crippen LogP contribution in [0.5, 0.6) is 17.4 Å². The van der Waals surface area contributed by atoms with E-state index in [0.29, 0.717) is 24.4 Å². The predicted octanol–water partition coefficient (Wildman–Crippen LogP) is 6.35. The Balaban J connectivity index is 1.17. The second kappa shape index (κ2) is 11.2. The van der Waals surface area contributed by atoms with Gasteiger partial charge in [0.2, 0.25) is 0 Å². The van der Waals surface area contributed by atoms with Gasteiger partial charge in [-0.25, -0.2) is 13.9 Å². The smallest absolute Gasteiger partial charge is 0.407 e. The van der Waals surface area contributed by atoms with E-state index in [4.69, 9.17) is 14.2 Å². The fraction of sp³-hybridized carbons (Fsp3) is 0.355. The first-order valence-electron chi connectivity index (χ1n) is 13.5. The number of carbonyl (C=O) groups is 1. The largest absolute Gasteiger partial charge is 0.490 e. The summed E-state index contributed by atoms with van der Waals surface area (Å²) in [5, 5.41) is 10.4. The Kier molecular flexibility index (Phi) is 7.66. The lowest BCUT2D eigenvalue weighted by molar-refractivity contribution is -0.0243. The highest BCUT2D eigenvalue weighted by Crippen LogP contribution is 2.35. The molecule has 0 atom stereocenters. The minimum Gasteiger partial charge on any atom is -0.490 e. The van der Waals surface area contributed by atoms with E-state index in [-0.39, 0.29) is 29.0 Å². The third-order valence-corrected chi connectivity index (χ3v) is 6.93. The zero-order valence-electron chi connectivity index (χ0n) is 23.8. The van der Waals surface area contributed by atoms with Crippen molar-refractivity contribution in [2.24, 2.45) is 0 Å². The minimum atomic E-state index is -0.573. The van der Waals surface area contributed by atoms with Gasteiger partial charge in [0.05, 0.1) is 12.4 Å². The summed E-state index contributed by atoms with van der Waals surface area (Å²) in [7, 11) is 0. The zero-order valence-corrected chi connectivity index (χ0v) is 23.8. The fourth-order valence-electron chi connectivity index (χ4n) is 4.50. The number of hydrogen-bond acceptors (Lipinski definition) is 7. The molecule has 1 N–H and O–H groups in total. The Morgan fingerprint density at radius 2 is 1.54 bits per heavy atom.